The van der Waals surface area contributed by atoms with Crippen LogP contribution in [0, 0.1) is 13.8 Å². The molecular weight excluding hydrogens is 306 g/mol. The Morgan fingerprint density at radius 1 is 1.05 bits per heavy atom. The van der Waals surface area contributed by atoms with Crippen LogP contribution in [0.3, 0.4) is 0 Å². The molecule has 2 aromatic rings. The van der Waals surface area contributed by atoms with Gasteiger partial charge < -0.3 is 15.5 Å². The first-order valence-corrected chi connectivity index (χ1v) is 6.78. The van der Waals surface area contributed by atoms with Crippen LogP contribution < -0.4 is 5.32 Å². The van der Waals surface area contributed by atoms with E-state index in [-0.39, 0.29) is 11.5 Å². The van der Waals surface area contributed by atoms with Gasteiger partial charge in [-0.25, -0.2) is 0 Å². The molecule has 0 saturated heterocycles. The van der Waals surface area contributed by atoms with E-state index in [2.05, 4.69) is 21.2 Å². The second-order valence-electron chi connectivity index (χ2n) is 4.58. The van der Waals surface area contributed by atoms with E-state index in [0.717, 1.165) is 26.9 Å². The van der Waals surface area contributed by atoms with Gasteiger partial charge in [0.25, 0.3) is 0 Å². The second kappa shape index (κ2) is 5.53. The van der Waals surface area contributed by atoms with Crippen molar-refractivity contribution in [3.8, 4) is 11.5 Å². The van der Waals surface area contributed by atoms with E-state index in [9.17, 15) is 10.2 Å². The minimum atomic E-state index is 0.0669. The number of hydrogen-bond acceptors (Lipinski definition) is 3. The topological polar surface area (TPSA) is 52.5 Å². The highest BCUT2D eigenvalue weighted by Gasteiger charge is 2.06. The van der Waals surface area contributed by atoms with E-state index < -0.39 is 0 Å². The lowest BCUT2D eigenvalue weighted by molar-refractivity contribution is 0.446. The van der Waals surface area contributed by atoms with Crippen molar-refractivity contribution in [1.82, 2.24) is 0 Å². The van der Waals surface area contributed by atoms with Crippen molar-refractivity contribution in [2.45, 2.75) is 20.4 Å². The summed E-state index contributed by atoms with van der Waals surface area (Å²) in [6, 6.07) is 8.72. The number of phenols is 2. The van der Waals surface area contributed by atoms with Gasteiger partial charge in [0, 0.05) is 28.3 Å². The third-order valence-corrected chi connectivity index (χ3v) is 3.48. The number of hydrogen-bond donors (Lipinski definition) is 3. The Morgan fingerprint density at radius 2 is 1.68 bits per heavy atom. The van der Waals surface area contributed by atoms with Gasteiger partial charge >= 0.3 is 0 Å². The van der Waals surface area contributed by atoms with Gasteiger partial charge in [-0.15, -0.1) is 0 Å². The van der Waals surface area contributed by atoms with Crippen LogP contribution in [-0.4, -0.2) is 10.2 Å². The SMILES string of the molecule is Cc1cc(Br)cc(C)c1NCc1ccc(O)cc1O. The zero-order valence-electron chi connectivity index (χ0n) is 10.9. The minimum absolute atomic E-state index is 0.0669. The summed E-state index contributed by atoms with van der Waals surface area (Å²) in [6.45, 7) is 4.59. The first-order chi connectivity index (χ1) is 8.97. The lowest BCUT2D eigenvalue weighted by atomic mass is 10.1. The fraction of sp³-hybridized carbons (Fsp3) is 0.200. The summed E-state index contributed by atoms with van der Waals surface area (Å²) in [6.07, 6.45) is 0. The van der Waals surface area contributed by atoms with E-state index in [0.29, 0.717) is 6.54 Å². The van der Waals surface area contributed by atoms with Gasteiger partial charge in [0.2, 0.25) is 0 Å². The zero-order chi connectivity index (χ0) is 14.0. The summed E-state index contributed by atoms with van der Waals surface area (Å²) in [5.74, 6) is 0.164. The van der Waals surface area contributed by atoms with Crippen molar-refractivity contribution in [3.05, 3.63) is 51.5 Å². The van der Waals surface area contributed by atoms with E-state index in [4.69, 9.17) is 0 Å². The monoisotopic (exact) mass is 321 g/mol. The van der Waals surface area contributed by atoms with Crippen LogP contribution in [0.5, 0.6) is 11.5 Å². The number of halogens is 1. The number of aryl methyl sites for hydroxylation is 2. The average Bonchev–Trinajstić information content (AvgIpc) is 2.30. The van der Waals surface area contributed by atoms with Gasteiger partial charge in [-0.2, -0.15) is 0 Å². The molecule has 0 radical (unpaired) electrons. The van der Waals surface area contributed by atoms with Crippen LogP contribution in [0.15, 0.2) is 34.8 Å². The number of rotatable bonds is 3. The van der Waals surface area contributed by atoms with Crippen LogP contribution in [0.2, 0.25) is 0 Å². The molecule has 2 rings (SSSR count). The maximum atomic E-state index is 9.74. The molecule has 0 spiro atoms. The summed E-state index contributed by atoms with van der Waals surface area (Å²) in [7, 11) is 0. The molecule has 100 valence electrons. The largest absolute Gasteiger partial charge is 0.508 e. The van der Waals surface area contributed by atoms with Crippen molar-refractivity contribution < 1.29 is 10.2 Å². The third kappa shape index (κ3) is 3.20. The Kier molecular flexibility index (Phi) is 4.00. The quantitative estimate of drug-likeness (QED) is 0.798. The Morgan fingerprint density at radius 3 is 2.26 bits per heavy atom. The number of nitrogens with one attached hydrogen (secondary N) is 1. The maximum absolute atomic E-state index is 9.74. The maximum Gasteiger partial charge on any atom is 0.124 e. The van der Waals surface area contributed by atoms with Gasteiger partial charge in [0.1, 0.15) is 11.5 Å². The highest BCUT2D eigenvalue weighted by atomic mass is 79.9. The molecule has 0 unspecified atom stereocenters. The molecule has 0 saturated carbocycles. The summed E-state index contributed by atoms with van der Waals surface area (Å²) in [5, 5.41) is 22.3. The second-order valence-corrected chi connectivity index (χ2v) is 5.50. The fourth-order valence-electron chi connectivity index (χ4n) is 2.07. The summed E-state index contributed by atoms with van der Waals surface area (Å²) < 4.78 is 1.06. The molecular formula is C15H16BrNO2. The van der Waals surface area contributed by atoms with Gasteiger partial charge in [-0.1, -0.05) is 15.9 Å². The Balaban J connectivity index is 2.19. The highest BCUT2D eigenvalue weighted by molar-refractivity contribution is 9.10. The van der Waals surface area contributed by atoms with Crippen LogP contribution in [-0.2, 0) is 6.54 Å². The molecule has 19 heavy (non-hydrogen) atoms. The molecule has 0 amide bonds. The van der Waals surface area contributed by atoms with Gasteiger partial charge in [0.05, 0.1) is 0 Å². The molecule has 0 aromatic heterocycles. The Bertz CT molecular complexity index is 588. The van der Waals surface area contributed by atoms with E-state index in [1.807, 2.05) is 26.0 Å². The summed E-state index contributed by atoms with van der Waals surface area (Å²) in [4.78, 5) is 0. The number of anilines is 1. The van der Waals surface area contributed by atoms with Crippen molar-refractivity contribution in [1.29, 1.82) is 0 Å². The number of phenolic OH excluding ortho intramolecular Hbond substituents is 2. The van der Waals surface area contributed by atoms with E-state index in [1.165, 1.54) is 6.07 Å². The molecule has 0 aliphatic heterocycles. The lowest BCUT2D eigenvalue weighted by Gasteiger charge is -2.14. The molecule has 0 fully saturated rings. The fourth-order valence-corrected chi connectivity index (χ4v) is 2.76. The Labute approximate surface area is 121 Å². The molecule has 2 aromatic carbocycles. The third-order valence-electron chi connectivity index (χ3n) is 3.02. The minimum Gasteiger partial charge on any atom is -0.508 e. The summed E-state index contributed by atoms with van der Waals surface area (Å²) in [5.41, 5.74) is 4.10. The average molecular weight is 322 g/mol. The van der Waals surface area contributed by atoms with Crippen LogP contribution in [0.1, 0.15) is 16.7 Å². The van der Waals surface area contributed by atoms with Gasteiger partial charge in [-0.3, -0.25) is 0 Å². The van der Waals surface area contributed by atoms with Crippen LogP contribution >= 0.6 is 15.9 Å². The first kappa shape index (κ1) is 13.7. The molecule has 0 atom stereocenters. The van der Waals surface area contributed by atoms with E-state index >= 15 is 0 Å². The van der Waals surface area contributed by atoms with Crippen molar-refractivity contribution in [3.63, 3.8) is 0 Å². The van der Waals surface area contributed by atoms with Crippen LogP contribution in [0.4, 0.5) is 5.69 Å². The molecule has 0 aliphatic carbocycles. The molecule has 4 heteroatoms. The highest BCUT2D eigenvalue weighted by Crippen LogP contribution is 2.27. The van der Waals surface area contributed by atoms with Crippen molar-refractivity contribution >= 4 is 21.6 Å². The molecule has 0 aliphatic rings. The molecule has 3 nitrogen and oxygen atoms in total. The number of benzene rings is 2. The standard InChI is InChI=1S/C15H16BrNO2/c1-9-5-12(16)6-10(2)15(9)17-8-11-3-4-13(18)7-14(11)19/h3-7,17-19H,8H2,1-2H3. The normalized spacial score (nSPS) is 10.5. The van der Waals surface area contributed by atoms with Crippen molar-refractivity contribution in [2.24, 2.45) is 0 Å². The predicted octanol–water partition coefficient (Wildman–Crippen LogP) is 4.09. The molecule has 3 N–H and O–H groups in total. The smallest absolute Gasteiger partial charge is 0.124 e. The van der Waals surface area contributed by atoms with Crippen molar-refractivity contribution in [2.75, 3.05) is 5.32 Å². The van der Waals surface area contributed by atoms with Gasteiger partial charge in [0.15, 0.2) is 0 Å². The number of aromatic hydroxyl groups is 2. The zero-order valence-corrected chi connectivity index (χ0v) is 12.5. The van der Waals surface area contributed by atoms with E-state index in [1.54, 1.807) is 12.1 Å². The Hall–Kier alpha value is -1.68. The molecule has 0 bridgehead atoms. The lowest BCUT2D eigenvalue weighted by Crippen LogP contribution is -2.03. The predicted molar refractivity (Wildman–Crippen MR) is 80.7 cm³/mol. The first-order valence-electron chi connectivity index (χ1n) is 5.99. The molecule has 0 heterocycles. The summed E-state index contributed by atoms with van der Waals surface area (Å²) >= 11 is 3.47. The van der Waals surface area contributed by atoms with Crippen LogP contribution in [0.25, 0.3) is 0 Å². The van der Waals surface area contributed by atoms with Gasteiger partial charge in [-0.05, 0) is 49.2 Å².